The first kappa shape index (κ1) is 23.7. The summed E-state index contributed by atoms with van der Waals surface area (Å²) in [5.41, 5.74) is 1.51. The number of ether oxygens (including phenoxy) is 1. The smallest absolute Gasteiger partial charge is 0.417 e. The van der Waals surface area contributed by atoms with Crippen molar-refractivity contribution in [2.75, 3.05) is 55.5 Å². The second-order valence-electron chi connectivity index (χ2n) is 7.93. The summed E-state index contributed by atoms with van der Waals surface area (Å²) in [6.07, 6.45) is 0.0625. The minimum Gasteiger partial charge on any atom is -0.494 e. The summed E-state index contributed by atoms with van der Waals surface area (Å²) in [6, 6.07) is 12.5. The number of methoxy groups -OCH3 is 1. The molecule has 1 saturated heterocycles. The van der Waals surface area contributed by atoms with Crippen LogP contribution in [-0.4, -0.2) is 71.3 Å². The molecule has 4 rings (SSSR count). The lowest BCUT2D eigenvalue weighted by atomic mass is 10.2. The van der Waals surface area contributed by atoms with E-state index in [0.29, 0.717) is 11.4 Å². The number of piperazine rings is 1. The van der Waals surface area contributed by atoms with Crippen molar-refractivity contribution in [2.45, 2.75) is 0 Å². The van der Waals surface area contributed by atoms with Crippen LogP contribution in [0.5, 0.6) is 5.75 Å². The monoisotopic (exact) mass is 479 g/mol. The van der Waals surface area contributed by atoms with E-state index in [1.807, 2.05) is 18.2 Å². The molecule has 1 amide bonds. The van der Waals surface area contributed by atoms with Gasteiger partial charge in [0.05, 0.1) is 23.4 Å². The summed E-state index contributed by atoms with van der Waals surface area (Å²) >= 11 is 0. The number of amides is 1. The number of nitro benzene ring substituents is 1. The van der Waals surface area contributed by atoms with E-state index in [2.05, 4.69) is 32.1 Å². The fourth-order valence-electron chi connectivity index (χ4n) is 3.79. The number of nitrogens with zero attached hydrogens (tertiary/aromatic N) is 6. The topological polar surface area (TPSA) is 137 Å². The molecule has 0 radical (unpaired) electrons. The van der Waals surface area contributed by atoms with Gasteiger partial charge in [-0.3, -0.25) is 10.1 Å². The molecule has 0 aliphatic carbocycles. The van der Waals surface area contributed by atoms with Crippen LogP contribution >= 0.6 is 0 Å². The molecule has 12 heteroatoms. The number of likely N-dealkylation sites (N-methyl/N-ethyl adjacent to an activating group) is 1. The number of rotatable bonds is 7. The number of non-ortho nitro benzene ring substituents is 1. The number of hydrogen-bond donors (Lipinski definition) is 2. The summed E-state index contributed by atoms with van der Waals surface area (Å²) < 4.78 is 5.57. The Bertz CT molecular complexity index is 1230. The summed E-state index contributed by atoms with van der Waals surface area (Å²) in [4.78, 5) is 36.5. The number of hydrogen-bond acceptors (Lipinski definition) is 9. The largest absolute Gasteiger partial charge is 0.494 e. The highest BCUT2D eigenvalue weighted by Gasteiger charge is 2.22. The lowest BCUT2D eigenvalue weighted by Crippen LogP contribution is -2.44. The average molecular weight is 479 g/mol. The summed E-state index contributed by atoms with van der Waals surface area (Å²) in [6.45, 7) is 3.79. The van der Waals surface area contributed by atoms with E-state index in [1.54, 1.807) is 7.11 Å². The van der Waals surface area contributed by atoms with Gasteiger partial charge >= 0.3 is 6.09 Å². The third-order valence-corrected chi connectivity index (χ3v) is 5.66. The molecule has 35 heavy (non-hydrogen) atoms. The van der Waals surface area contributed by atoms with E-state index in [9.17, 15) is 20.0 Å². The van der Waals surface area contributed by atoms with Crippen molar-refractivity contribution >= 4 is 40.6 Å². The number of nitrogens with one attached hydrogen (secondary N) is 1. The van der Waals surface area contributed by atoms with Gasteiger partial charge in [-0.05, 0) is 25.2 Å². The van der Waals surface area contributed by atoms with Crippen molar-refractivity contribution in [1.82, 2.24) is 14.9 Å². The van der Waals surface area contributed by atoms with Crippen molar-refractivity contribution in [3.05, 3.63) is 64.8 Å². The maximum absolute atomic E-state index is 12.0. The summed E-state index contributed by atoms with van der Waals surface area (Å²) in [7, 11) is 3.67. The van der Waals surface area contributed by atoms with Gasteiger partial charge < -0.3 is 25.0 Å². The fraction of sp³-hybridized carbons (Fsp3) is 0.261. The third kappa shape index (κ3) is 5.38. The molecule has 0 unspecified atom stereocenters. The molecule has 1 aliphatic rings. The Morgan fingerprint density at radius 1 is 1.17 bits per heavy atom. The van der Waals surface area contributed by atoms with Crippen LogP contribution in [0.3, 0.4) is 0 Å². The van der Waals surface area contributed by atoms with Gasteiger partial charge in [-0.15, -0.1) is 0 Å². The van der Waals surface area contributed by atoms with Crippen LogP contribution in [0.15, 0.2) is 54.7 Å². The van der Waals surface area contributed by atoms with E-state index in [1.165, 1.54) is 36.5 Å². The molecule has 1 fully saturated rings. The molecule has 1 aromatic heterocycles. The Morgan fingerprint density at radius 3 is 2.63 bits per heavy atom. The average Bonchev–Trinajstić information content (AvgIpc) is 2.85. The zero-order valence-electron chi connectivity index (χ0n) is 19.3. The van der Waals surface area contributed by atoms with E-state index in [4.69, 9.17) is 4.74 Å². The molecule has 0 atom stereocenters. The zero-order chi connectivity index (χ0) is 24.9. The molecule has 3 aromatic rings. The first-order valence-corrected chi connectivity index (χ1v) is 10.8. The predicted molar refractivity (Wildman–Crippen MR) is 131 cm³/mol. The summed E-state index contributed by atoms with van der Waals surface area (Å²) in [5, 5.41) is 24.0. The van der Waals surface area contributed by atoms with Gasteiger partial charge in [-0.1, -0.05) is 6.07 Å². The van der Waals surface area contributed by atoms with Crippen molar-refractivity contribution in [1.29, 1.82) is 0 Å². The molecule has 2 aromatic carbocycles. The predicted octanol–water partition coefficient (Wildman–Crippen LogP) is 3.70. The molecule has 2 heterocycles. The lowest BCUT2D eigenvalue weighted by molar-refractivity contribution is -0.384. The molecular weight excluding hydrogens is 454 g/mol. The van der Waals surface area contributed by atoms with Crippen LogP contribution < -0.4 is 19.9 Å². The normalized spacial score (nSPS) is 13.8. The van der Waals surface area contributed by atoms with E-state index in [0.717, 1.165) is 36.8 Å². The molecule has 0 saturated carbocycles. The van der Waals surface area contributed by atoms with E-state index in [-0.39, 0.29) is 23.1 Å². The van der Waals surface area contributed by atoms with Gasteiger partial charge in [0.15, 0.2) is 0 Å². The zero-order valence-corrected chi connectivity index (χ0v) is 19.3. The van der Waals surface area contributed by atoms with Crippen LogP contribution in [0.2, 0.25) is 0 Å². The maximum atomic E-state index is 12.0. The highest BCUT2D eigenvalue weighted by Crippen LogP contribution is 2.33. The molecule has 0 bridgehead atoms. The van der Waals surface area contributed by atoms with Gasteiger partial charge in [-0.25, -0.2) is 14.7 Å². The number of nitro groups is 1. The Morgan fingerprint density at radius 2 is 1.94 bits per heavy atom. The Kier molecular flexibility index (Phi) is 6.92. The van der Waals surface area contributed by atoms with Crippen LogP contribution in [0.25, 0.3) is 0 Å². The highest BCUT2D eigenvalue weighted by molar-refractivity contribution is 5.94. The maximum Gasteiger partial charge on any atom is 0.417 e. The number of benzene rings is 2. The number of anilines is 5. The standard InChI is InChI=1S/C23H25N7O5/c1-27-10-12-28(13-11-27)16-6-7-19(20(15-16)35-2)25-22-24-9-8-21(26-22)29(23(31)32)17-4-3-5-18(14-17)30(33)34/h3-9,14-15H,10-13H2,1-2H3,(H,31,32)(H,24,25,26). The van der Waals surface area contributed by atoms with Gasteiger partial charge in [0.1, 0.15) is 11.6 Å². The molecule has 1 aliphatic heterocycles. The van der Waals surface area contributed by atoms with Gasteiger partial charge in [0.2, 0.25) is 5.95 Å². The molecular formula is C23H25N7O5. The van der Waals surface area contributed by atoms with Crippen molar-refractivity contribution in [2.24, 2.45) is 0 Å². The molecule has 2 N–H and O–H groups in total. The first-order valence-electron chi connectivity index (χ1n) is 10.8. The summed E-state index contributed by atoms with van der Waals surface area (Å²) in [5.74, 6) is 0.762. The van der Waals surface area contributed by atoms with Crippen LogP contribution in [-0.2, 0) is 0 Å². The quantitative estimate of drug-likeness (QED) is 0.381. The van der Waals surface area contributed by atoms with Gasteiger partial charge in [0.25, 0.3) is 5.69 Å². The van der Waals surface area contributed by atoms with Crippen LogP contribution in [0.1, 0.15) is 0 Å². The Hall–Kier alpha value is -4.45. The van der Waals surface area contributed by atoms with Crippen molar-refractivity contribution in [3.8, 4) is 5.75 Å². The SMILES string of the molecule is COc1cc(N2CCN(C)CC2)ccc1Nc1nccc(N(C(=O)O)c2cccc([N+](=O)[O-])c2)n1. The molecule has 0 spiro atoms. The minimum atomic E-state index is -1.34. The number of aromatic nitrogens is 2. The van der Waals surface area contributed by atoms with E-state index < -0.39 is 11.0 Å². The van der Waals surface area contributed by atoms with Crippen LogP contribution in [0, 0.1) is 10.1 Å². The van der Waals surface area contributed by atoms with Gasteiger partial charge in [0, 0.05) is 62.3 Å². The molecule has 12 nitrogen and oxygen atoms in total. The van der Waals surface area contributed by atoms with Crippen molar-refractivity contribution in [3.63, 3.8) is 0 Å². The number of carbonyl (C=O) groups is 1. The minimum absolute atomic E-state index is 0.0310. The molecule has 182 valence electrons. The Balaban J connectivity index is 1.59. The highest BCUT2D eigenvalue weighted by atomic mass is 16.6. The second kappa shape index (κ2) is 10.2. The Labute approximate surface area is 201 Å². The van der Waals surface area contributed by atoms with Crippen molar-refractivity contribution < 1.29 is 19.6 Å². The van der Waals surface area contributed by atoms with Crippen LogP contribution in [0.4, 0.5) is 39.3 Å². The second-order valence-corrected chi connectivity index (χ2v) is 7.93. The number of carboxylic acid groups (broad SMARTS) is 1. The first-order chi connectivity index (χ1) is 16.9. The lowest BCUT2D eigenvalue weighted by Gasteiger charge is -2.34. The third-order valence-electron chi connectivity index (χ3n) is 5.66. The van der Waals surface area contributed by atoms with Gasteiger partial charge in [-0.2, -0.15) is 4.98 Å². The van der Waals surface area contributed by atoms with E-state index >= 15 is 0 Å². The fourth-order valence-corrected chi connectivity index (χ4v) is 3.79.